The minimum absolute atomic E-state index is 0.127. The monoisotopic (exact) mass is 277 g/mol. The van der Waals surface area contributed by atoms with Crippen molar-refractivity contribution in [2.24, 2.45) is 5.92 Å². The molecule has 2 nitrogen and oxygen atoms in total. The lowest BCUT2D eigenvalue weighted by Gasteiger charge is -2.44. The third-order valence-corrected chi connectivity index (χ3v) is 4.94. The van der Waals surface area contributed by atoms with Crippen LogP contribution in [-0.2, 0) is 0 Å². The van der Waals surface area contributed by atoms with Crippen LogP contribution >= 0.6 is 11.6 Å². The van der Waals surface area contributed by atoms with Gasteiger partial charge in [-0.1, -0.05) is 36.6 Å². The maximum Gasteiger partial charge on any atom is 0.255 e. The van der Waals surface area contributed by atoms with Crippen LogP contribution in [0, 0.1) is 5.92 Å². The van der Waals surface area contributed by atoms with Crippen molar-refractivity contribution in [2.45, 2.75) is 44.6 Å². The standard InChI is InChI=1S/C16H20ClNO/c17-14-9-3-2-8-13(14)16(19)18-11-5-7-12-6-1-4-10-15(12)18/h2-3,8-9,12,15H,1,4-7,10-11H2. The average Bonchev–Trinajstić information content (AvgIpc) is 2.46. The Morgan fingerprint density at radius 3 is 2.68 bits per heavy atom. The fourth-order valence-electron chi connectivity index (χ4n) is 3.67. The Kier molecular flexibility index (Phi) is 3.79. The number of likely N-dealkylation sites (tertiary alicyclic amines) is 1. The molecular weight excluding hydrogens is 258 g/mol. The topological polar surface area (TPSA) is 20.3 Å². The fourth-order valence-corrected chi connectivity index (χ4v) is 3.88. The van der Waals surface area contributed by atoms with E-state index in [1.54, 1.807) is 6.07 Å². The van der Waals surface area contributed by atoms with E-state index in [0.717, 1.165) is 13.0 Å². The van der Waals surface area contributed by atoms with E-state index in [4.69, 9.17) is 11.6 Å². The van der Waals surface area contributed by atoms with Gasteiger partial charge < -0.3 is 4.90 Å². The second-order valence-corrected chi connectivity index (χ2v) is 6.14. The van der Waals surface area contributed by atoms with E-state index in [-0.39, 0.29) is 5.91 Å². The summed E-state index contributed by atoms with van der Waals surface area (Å²) in [7, 11) is 0. The summed E-state index contributed by atoms with van der Waals surface area (Å²) in [6.07, 6.45) is 7.47. The summed E-state index contributed by atoms with van der Waals surface area (Å²) < 4.78 is 0. The van der Waals surface area contributed by atoms with Gasteiger partial charge in [-0.15, -0.1) is 0 Å². The molecule has 0 bridgehead atoms. The smallest absolute Gasteiger partial charge is 0.255 e. The normalized spacial score (nSPS) is 26.9. The molecule has 3 rings (SSSR count). The van der Waals surface area contributed by atoms with E-state index < -0.39 is 0 Å². The Morgan fingerprint density at radius 1 is 1.11 bits per heavy atom. The van der Waals surface area contributed by atoms with E-state index in [9.17, 15) is 4.79 Å². The summed E-state index contributed by atoms with van der Waals surface area (Å²) in [6.45, 7) is 0.894. The number of fused-ring (bicyclic) bond motifs is 1. The first-order valence-corrected chi connectivity index (χ1v) is 7.70. The number of piperidine rings is 1. The molecule has 19 heavy (non-hydrogen) atoms. The number of nitrogens with zero attached hydrogens (tertiary/aromatic N) is 1. The van der Waals surface area contributed by atoms with Crippen LogP contribution in [0.1, 0.15) is 48.9 Å². The maximum absolute atomic E-state index is 12.7. The van der Waals surface area contributed by atoms with Gasteiger partial charge in [-0.2, -0.15) is 0 Å². The molecule has 1 saturated heterocycles. The van der Waals surface area contributed by atoms with Crippen LogP contribution < -0.4 is 0 Å². The Balaban J connectivity index is 1.84. The minimum atomic E-state index is 0.127. The number of carbonyl (C=O) groups is 1. The van der Waals surface area contributed by atoms with Crippen molar-refractivity contribution in [2.75, 3.05) is 6.54 Å². The van der Waals surface area contributed by atoms with Crippen LogP contribution in [0.25, 0.3) is 0 Å². The third kappa shape index (κ3) is 2.51. The summed E-state index contributed by atoms with van der Waals surface area (Å²) in [5.41, 5.74) is 0.662. The highest BCUT2D eigenvalue weighted by Gasteiger charge is 2.36. The molecule has 3 heteroatoms. The van der Waals surface area contributed by atoms with Gasteiger partial charge in [0.05, 0.1) is 10.6 Å². The fraction of sp³-hybridized carbons (Fsp3) is 0.562. The molecule has 2 atom stereocenters. The summed E-state index contributed by atoms with van der Waals surface area (Å²) in [5.74, 6) is 0.844. The number of hydrogen-bond acceptors (Lipinski definition) is 1. The SMILES string of the molecule is O=C(c1ccccc1Cl)N1CCCC2CCCCC21. The van der Waals surface area contributed by atoms with Crippen molar-refractivity contribution < 1.29 is 4.79 Å². The summed E-state index contributed by atoms with van der Waals surface area (Å²) in [6, 6.07) is 7.86. The number of halogens is 1. The molecule has 2 aliphatic rings. The zero-order chi connectivity index (χ0) is 13.2. The molecule has 1 heterocycles. The molecule has 1 aliphatic carbocycles. The molecular formula is C16H20ClNO. The molecule has 0 spiro atoms. The van der Waals surface area contributed by atoms with E-state index in [1.165, 1.54) is 32.1 Å². The molecule has 0 aromatic heterocycles. The number of amides is 1. The van der Waals surface area contributed by atoms with E-state index >= 15 is 0 Å². The molecule has 2 fully saturated rings. The minimum Gasteiger partial charge on any atom is -0.335 e. The van der Waals surface area contributed by atoms with Crippen molar-refractivity contribution in [3.05, 3.63) is 34.9 Å². The number of hydrogen-bond donors (Lipinski definition) is 0. The van der Waals surface area contributed by atoms with Gasteiger partial charge in [0.15, 0.2) is 0 Å². The van der Waals surface area contributed by atoms with E-state index in [0.29, 0.717) is 22.5 Å². The second kappa shape index (κ2) is 5.54. The van der Waals surface area contributed by atoms with Gasteiger partial charge in [0, 0.05) is 12.6 Å². The molecule has 0 radical (unpaired) electrons. The van der Waals surface area contributed by atoms with Crippen LogP contribution in [0.2, 0.25) is 5.02 Å². The van der Waals surface area contributed by atoms with Crippen molar-refractivity contribution >= 4 is 17.5 Å². The van der Waals surface area contributed by atoms with Crippen LogP contribution in [0.3, 0.4) is 0 Å². The summed E-state index contributed by atoms with van der Waals surface area (Å²) >= 11 is 6.17. The second-order valence-electron chi connectivity index (χ2n) is 5.73. The largest absolute Gasteiger partial charge is 0.335 e. The Hall–Kier alpha value is -1.02. The van der Waals surface area contributed by atoms with Crippen molar-refractivity contribution in [1.82, 2.24) is 4.90 Å². The van der Waals surface area contributed by atoms with E-state index in [2.05, 4.69) is 4.90 Å². The molecule has 1 amide bonds. The molecule has 1 saturated carbocycles. The third-order valence-electron chi connectivity index (χ3n) is 4.61. The maximum atomic E-state index is 12.7. The molecule has 102 valence electrons. The molecule has 1 aromatic carbocycles. The van der Waals surface area contributed by atoms with Crippen molar-refractivity contribution in [3.63, 3.8) is 0 Å². The summed E-state index contributed by atoms with van der Waals surface area (Å²) in [5, 5.41) is 0.574. The molecule has 2 unspecified atom stereocenters. The quantitative estimate of drug-likeness (QED) is 0.756. The Labute approximate surface area is 119 Å². The predicted octanol–water partition coefficient (Wildman–Crippen LogP) is 4.13. The van der Waals surface area contributed by atoms with E-state index in [1.807, 2.05) is 18.2 Å². The first kappa shape index (κ1) is 13.0. The molecule has 1 aromatic rings. The van der Waals surface area contributed by atoms with Gasteiger partial charge >= 0.3 is 0 Å². The van der Waals surface area contributed by atoms with Gasteiger partial charge in [0.25, 0.3) is 5.91 Å². The van der Waals surface area contributed by atoms with Gasteiger partial charge in [-0.25, -0.2) is 0 Å². The predicted molar refractivity (Wildman–Crippen MR) is 77.5 cm³/mol. The summed E-state index contributed by atoms with van der Waals surface area (Å²) in [4.78, 5) is 14.8. The average molecular weight is 278 g/mol. The van der Waals surface area contributed by atoms with Crippen molar-refractivity contribution in [1.29, 1.82) is 0 Å². The van der Waals surface area contributed by atoms with Crippen molar-refractivity contribution in [3.8, 4) is 0 Å². The number of rotatable bonds is 1. The van der Waals surface area contributed by atoms with Crippen LogP contribution in [0.15, 0.2) is 24.3 Å². The lowest BCUT2D eigenvalue weighted by molar-refractivity contribution is 0.0391. The van der Waals surface area contributed by atoms with Crippen LogP contribution in [-0.4, -0.2) is 23.4 Å². The Bertz CT molecular complexity index is 472. The molecule has 0 N–H and O–H groups in total. The van der Waals surface area contributed by atoms with Gasteiger partial charge in [-0.05, 0) is 43.7 Å². The highest BCUT2D eigenvalue weighted by Crippen LogP contribution is 2.36. The number of benzene rings is 1. The lowest BCUT2D eigenvalue weighted by Crippen LogP contribution is -2.49. The van der Waals surface area contributed by atoms with Gasteiger partial charge in [0.1, 0.15) is 0 Å². The number of carbonyl (C=O) groups excluding carboxylic acids is 1. The zero-order valence-corrected chi connectivity index (χ0v) is 11.9. The first-order chi connectivity index (χ1) is 9.27. The van der Waals surface area contributed by atoms with Crippen LogP contribution in [0.5, 0.6) is 0 Å². The molecule has 1 aliphatic heterocycles. The Morgan fingerprint density at radius 2 is 1.84 bits per heavy atom. The lowest BCUT2D eigenvalue weighted by atomic mass is 9.78. The van der Waals surface area contributed by atoms with Crippen LogP contribution in [0.4, 0.5) is 0 Å². The first-order valence-electron chi connectivity index (χ1n) is 7.33. The highest BCUT2D eigenvalue weighted by molar-refractivity contribution is 6.33. The van der Waals surface area contributed by atoms with Gasteiger partial charge in [0.2, 0.25) is 0 Å². The van der Waals surface area contributed by atoms with Gasteiger partial charge in [-0.3, -0.25) is 4.79 Å². The highest BCUT2D eigenvalue weighted by atomic mass is 35.5. The zero-order valence-electron chi connectivity index (χ0n) is 11.1.